The smallest absolute Gasteiger partial charge is 0.303 e. The summed E-state index contributed by atoms with van der Waals surface area (Å²) in [5, 5.41) is 8.82. The van der Waals surface area contributed by atoms with Gasteiger partial charge in [0.15, 0.2) is 5.65 Å². The largest absolute Gasteiger partial charge is 0.481 e. The predicted molar refractivity (Wildman–Crippen MR) is 84.5 cm³/mol. The van der Waals surface area contributed by atoms with E-state index >= 15 is 0 Å². The molecule has 0 unspecified atom stereocenters. The highest BCUT2D eigenvalue weighted by Crippen LogP contribution is 2.26. The number of pyridine rings is 1. The summed E-state index contributed by atoms with van der Waals surface area (Å²) in [5.41, 5.74) is 2.67. The van der Waals surface area contributed by atoms with Crippen molar-refractivity contribution < 1.29 is 14.3 Å². The van der Waals surface area contributed by atoms with Gasteiger partial charge < -0.3 is 9.67 Å². The number of rotatable bonds is 5. The molecule has 2 heterocycles. The molecule has 1 aromatic carbocycles. The molecule has 0 radical (unpaired) electrons. The molecule has 2 aromatic heterocycles. The van der Waals surface area contributed by atoms with Crippen LogP contribution in [-0.2, 0) is 11.3 Å². The van der Waals surface area contributed by atoms with Crippen LogP contribution in [0.15, 0.2) is 36.5 Å². The van der Waals surface area contributed by atoms with Crippen molar-refractivity contribution in [1.29, 1.82) is 0 Å². The Hall–Kier alpha value is -2.76. The minimum atomic E-state index is -0.856. The number of fused-ring (bicyclic) bond motifs is 1. The normalized spacial score (nSPS) is 11.0. The molecule has 0 saturated carbocycles. The van der Waals surface area contributed by atoms with Crippen molar-refractivity contribution in [2.24, 2.45) is 0 Å². The van der Waals surface area contributed by atoms with Gasteiger partial charge in [-0.2, -0.15) is 0 Å². The van der Waals surface area contributed by atoms with Crippen LogP contribution in [0.2, 0.25) is 0 Å². The zero-order valence-electron chi connectivity index (χ0n) is 12.7. The second-order valence-corrected chi connectivity index (χ2v) is 5.42. The average Bonchev–Trinajstić information content (AvgIpc) is 2.85. The third-order valence-electron chi connectivity index (χ3n) is 3.61. The monoisotopic (exact) mass is 313 g/mol. The molecule has 0 amide bonds. The van der Waals surface area contributed by atoms with Crippen molar-refractivity contribution >= 4 is 17.1 Å². The molecule has 0 aliphatic heterocycles. The van der Waals surface area contributed by atoms with Crippen LogP contribution in [0.4, 0.5) is 4.39 Å². The van der Waals surface area contributed by atoms with Crippen molar-refractivity contribution in [3.63, 3.8) is 0 Å². The van der Waals surface area contributed by atoms with E-state index in [-0.39, 0.29) is 12.2 Å². The molecule has 3 aromatic rings. The first kappa shape index (κ1) is 15.1. The van der Waals surface area contributed by atoms with Crippen molar-refractivity contribution in [3.8, 4) is 11.4 Å². The summed E-state index contributed by atoms with van der Waals surface area (Å²) in [6.45, 7) is 2.33. The highest BCUT2D eigenvalue weighted by Gasteiger charge is 2.16. The van der Waals surface area contributed by atoms with Crippen LogP contribution in [-0.4, -0.2) is 25.6 Å². The fraction of sp³-hybridized carbons (Fsp3) is 0.235. The summed E-state index contributed by atoms with van der Waals surface area (Å²) in [6.07, 6.45) is 2.20. The van der Waals surface area contributed by atoms with Crippen LogP contribution in [0.25, 0.3) is 22.6 Å². The summed E-state index contributed by atoms with van der Waals surface area (Å²) >= 11 is 0. The Labute approximate surface area is 132 Å². The maximum atomic E-state index is 14.1. The van der Waals surface area contributed by atoms with E-state index in [0.717, 1.165) is 5.56 Å². The average molecular weight is 313 g/mol. The Morgan fingerprint density at radius 3 is 2.87 bits per heavy atom. The molecule has 1 N–H and O–H groups in total. The van der Waals surface area contributed by atoms with Crippen LogP contribution >= 0.6 is 0 Å². The van der Waals surface area contributed by atoms with Gasteiger partial charge in [0.1, 0.15) is 17.2 Å². The molecule has 3 rings (SSSR count). The molecule has 118 valence electrons. The Morgan fingerprint density at radius 1 is 1.35 bits per heavy atom. The Kier molecular flexibility index (Phi) is 4.06. The lowest BCUT2D eigenvalue weighted by Gasteiger charge is -2.08. The summed E-state index contributed by atoms with van der Waals surface area (Å²) in [7, 11) is 0. The van der Waals surface area contributed by atoms with E-state index in [1.54, 1.807) is 29.0 Å². The first-order chi connectivity index (χ1) is 11.1. The molecule has 0 aliphatic rings. The highest BCUT2D eigenvalue weighted by molar-refractivity contribution is 5.77. The van der Waals surface area contributed by atoms with Gasteiger partial charge in [-0.25, -0.2) is 14.4 Å². The molecule has 0 spiro atoms. The molecule has 6 heteroatoms. The molecule has 0 saturated heterocycles. The van der Waals surface area contributed by atoms with E-state index in [0.29, 0.717) is 35.5 Å². The van der Waals surface area contributed by atoms with E-state index in [1.165, 1.54) is 6.07 Å². The van der Waals surface area contributed by atoms with Gasteiger partial charge in [-0.15, -0.1) is 0 Å². The minimum Gasteiger partial charge on any atom is -0.481 e. The first-order valence-electron chi connectivity index (χ1n) is 7.36. The number of imidazole rings is 1. The van der Waals surface area contributed by atoms with Gasteiger partial charge >= 0.3 is 5.97 Å². The molecular weight excluding hydrogens is 297 g/mol. The van der Waals surface area contributed by atoms with Crippen molar-refractivity contribution in [2.75, 3.05) is 0 Å². The zero-order valence-corrected chi connectivity index (χ0v) is 12.7. The topological polar surface area (TPSA) is 68.0 Å². The van der Waals surface area contributed by atoms with Crippen molar-refractivity contribution in [1.82, 2.24) is 14.5 Å². The number of halogens is 1. The highest BCUT2D eigenvalue weighted by atomic mass is 19.1. The van der Waals surface area contributed by atoms with Gasteiger partial charge in [-0.05, 0) is 37.1 Å². The number of aromatic nitrogens is 3. The molecule has 0 fully saturated rings. The fourth-order valence-electron chi connectivity index (χ4n) is 2.56. The summed E-state index contributed by atoms with van der Waals surface area (Å²) < 4.78 is 15.9. The van der Waals surface area contributed by atoms with Crippen LogP contribution in [0.1, 0.15) is 18.4 Å². The van der Waals surface area contributed by atoms with Gasteiger partial charge in [-0.3, -0.25) is 4.79 Å². The Balaban J connectivity index is 2.11. The maximum Gasteiger partial charge on any atom is 0.303 e. The molecule has 0 aliphatic carbocycles. The van der Waals surface area contributed by atoms with Crippen LogP contribution in [0.3, 0.4) is 0 Å². The number of carboxylic acid groups (broad SMARTS) is 1. The van der Waals surface area contributed by atoms with Gasteiger partial charge in [0.05, 0.1) is 5.56 Å². The number of aryl methyl sites for hydroxylation is 2. The predicted octanol–water partition coefficient (Wildman–Crippen LogP) is 3.41. The number of hydrogen-bond acceptors (Lipinski definition) is 3. The first-order valence-corrected chi connectivity index (χ1v) is 7.36. The van der Waals surface area contributed by atoms with E-state index < -0.39 is 5.97 Å². The number of carbonyl (C=O) groups is 1. The third kappa shape index (κ3) is 3.06. The Bertz CT molecular complexity index is 873. The van der Waals surface area contributed by atoms with Crippen LogP contribution in [0.5, 0.6) is 0 Å². The van der Waals surface area contributed by atoms with Gasteiger partial charge in [0.25, 0.3) is 0 Å². The summed E-state index contributed by atoms with van der Waals surface area (Å²) in [4.78, 5) is 19.6. The number of aliphatic carboxylic acids is 1. The molecule has 23 heavy (non-hydrogen) atoms. The minimum absolute atomic E-state index is 0.0439. The van der Waals surface area contributed by atoms with Crippen molar-refractivity contribution in [2.45, 2.75) is 26.3 Å². The number of nitrogens with zero attached hydrogens (tertiary/aromatic N) is 3. The molecule has 0 atom stereocenters. The second kappa shape index (κ2) is 6.16. The van der Waals surface area contributed by atoms with Crippen LogP contribution in [0, 0.1) is 12.7 Å². The number of benzene rings is 1. The van der Waals surface area contributed by atoms with E-state index in [4.69, 9.17) is 5.11 Å². The zero-order chi connectivity index (χ0) is 16.4. The fourth-order valence-corrected chi connectivity index (χ4v) is 2.56. The lowest BCUT2D eigenvalue weighted by Crippen LogP contribution is -2.05. The number of carboxylic acids is 1. The summed E-state index contributed by atoms with van der Waals surface area (Å²) in [5.74, 6) is -0.744. The summed E-state index contributed by atoms with van der Waals surface area (Å²) in [6, 6.07) is 8.31. The molecule has 0 bridgehead atoms. The molecule has 5 nitrogen and oxygen atoms in total. The quantitative estimate of drug-likeness (QED) is 0.784. The standard InChI is InChI=1S/C17H16FN3O2/c1-11-9-14-17(19-10-11)21(8-4-7-15(22)23)16(20-14)12-5-2-3-6-13(12)18/h2-3,5-6,9-10H,4,7-8H2,1H3,(H,22,23). The number of hydrogen-bond donors (Lipinski definition) is 1. The van der Waals surface area contributed by atoms with E-state index in [9.17, 15) is 9.18 Å². The maximum absolute atomic E-state index is 14.1. The molecular formula is C17H16FN3O2. The second-order valence-electron chi connectivity index (χ2n) is 5.42. The van der Waals surface area contributed by atoms with E-state index in [2.05, 4.69) is 9.97 Å². The van der Waals surface area contributed by atoms with Gasteiger partial charge in [-0.1, -0.05) is 12.1 Å². The lowest BCUT2D eigenvalue weighted by molar-refractivity contribution is -0.137. The SMILES string of the molecule is Cc1cnc2c(c1)nc(-c1ccccc1F)n2CCCC(=O)O. The van der Waals surface area contributed by atoms with Gasteiger partial charge in [0, 0.05) is 19.2 Å². The lowest BCUT2D eigenvalue weighted by atomic mass is 10.2. The van der Waals surface area contributed by atoms with E-state index in [1.807, 2.05) is 13.0 Å². The van der Waals surface area contributed by atoms with Crippen LogP contribution < -0.4 is 0 Å². The Morgan fingerprint density at radius 2 is 2.13 bits per heavy atom. The van der Waals surface area contributed by atoms with Crippen molar-refractivity contribution in [3.05, 3.63) is 47.9 Å². The third-order valence-corrected chi connectivity index (χ3v) is 3.61. The van der Waals surface area contributed by atoms with Gasteiger partial charge in [0.2, 0.25) is 0 Å².